The minimum Gasteiger partial charge on any atom is -0.228 e. The molecule has 12 rings (SSSR count). The number of thiophene rings is 1. The van der Waals surface area contributed by atoms with E-state index in [0.717, 1.165) is 39.2 Å². The average molecular weight is 807 g/mol. The lowest BCUT2D eigenvalue weighted by molar-refractivity contribution is 0.768. The van der Waals surface area contributed by atoms with Crippen molar-refractivity contribution < 1.29 is 0 Å². The Hall–Kier alpha value is -7.72. The first-order valence-electron chi connectivity index (χ1n) is 21.1. The Morgan fingerprint density at radius 1 is 0.306 bits per heavy atom. The fourth-order valence-electron chi connectivity index (χ4n) is 9.78. The van der Waals surface area contributed by atoms with Gasteiger partial charge in [0.05, 0.1) is 16.8 Å². The van der Waals surface area contributed by atoms with Gasteiger partial charge in [0, 0.05) is 36.9 Å². The van der Waals surface area contributed by atoms with E-state index in [4.69, 9.17) is 9.97 Å². The smallest absolute Gasteiger partial charge is 0.160 e. The molecule has 9 aromatic carbocycles. The van der Waals surface area contributed by atoms with Crippen LogP contribution in [0.15, 0.2) is 231 Å². The Morgan fingerprint density at radius 2 is 0.871 bits per heavy atom. The molecule has 1 aliphatic carbocycles. The van der Waals surface area contributed by atoms with Gasteiger partial charge in [-0.1, -0.05) is 194 Å². The zero-order valence-electron chi connectivity index (χ0n) is 33.7. The van der Waals surface area contributed by atoms with Crippen LogP contribution in [0.4, 0.5) is 0 Å². The van der Waals surface area contributed by atoms with E-state index >= 15 is 0 Å². The zero-order chi connectivity index (χ0) is 41.0. The predicted molar refractivity (Wildman–Crippen MR) is 259 cm³/mol. The van der Waals surface area contributed by atoms with E-state index in [2.05, 4.69) is 224 Å². The molecule has 0 unspecified atom stereocenters. The third kappa shape index (κ3) is 5.85. The molecule has 0 N–H and O–H groups in total. The van der Waals surface area contributed by atoms with E-state index < -0.39 is 5.41 Å². The third-order valence-corrected chi connectivity index (χ3v) is 13.8. The van der Waals surface area contributed by atoms with Crippen LogP contribution in [-0.4, -0.2) is 9.97 Å². The van der Waals surface area contributed by atoms with Crippen molar-refractivity contribution in [2.45, 2.75) is 5.41 Å². The predicted octanol–water partition coefficient (Wildman–Crippen LogP) is 15.5. The number of fused-ring (bicyclic) bond motifs is 6. The normalized spacial score (nSPS) is 12.6. The highest BCUT2D eigenvalue weighted by Crippen LogP contribution is 2.56. The molecule has 0 fully saturated rings. The molecule has 1 aliphatic rings. The van der Waals surface area contributed by atoms with Crippen LogP contribution in [0.3, 0.4) is 0 Å². The highest BCUT2D eigenvalue weighted by Gasteiger charge is 2.46. The molecule has 0 aliphatic heterocycles. The van der Waals surface area contributed by atoms with Crippen LogP contribution < -0.4 is 0 Å². The van der Waals surface area contributed by atoms with Crippen molar-refractivity contribution in [1.29, 1.82) is 0 Å². The molecule has 2 heterocycles. The molecule has 0 bridgehead atoms. The van der Waals surface area contributed by atoms with E-state index in [1.807, 2.05) is 17.4 Å². The summed E-state index contributed by atoms with van der Waals surface area (Å²) >= 11 is 1.85. The van der Waals surface area contributed by atoms with E-state index in [1.54, 1.807) is 0 Å². The Labute approximate surface area is 365 Å². The molecule has 11 aromatic rings. The second-order valence-corrected chi connectivity index (χ2v) is 17.1. The molecule has 0 saturated carbocycles. The SMILES string of the molecule is c1ccc(-c2nc(-c3ccc4c(c3)C(c3ccccc3)(c3ccccc3)c3ccccc3-4)cc(-c3ccccc3-c3cccc(-c4ccc5sc6ccccc6c5c4)c3)n2)cc1. The highest BCUT2D eigenvalue weighted by atomic mass is 32.1. The van der Waals surface area contributed by atoms with E-state index in [9.17, 15) is 0 Å². The Balaban J connectivity index is 1.03. The van der Waals surface area contributed by atoms with Crippen molar-refractivity contribution in [3.8, 4) is 67.3 Å². The zero-order valence-corrected chi connectivity index (χ0v) is 34.6. The van der Waals surface area contributed by atoms with Crippen LogP contribution in [0.2, 0.25) is 0 Å². The average Bonchev–Trinajstić information content (AvgIpc) is 3.88. The Morgan fingerprint density at radius 3 is 1.66 bits per heavy atom. The van der Waals surface area contributed by atoms with Gasteiger partial charge in [-0.25, -0.2) is 9.97 Å². The number of hydrogen-bond acceptors (Lipinski definition) is 3. The molecule has 2 aromatic heterocycles. The molecule has 2 nitrogen and oxygen atoms in total. The van der Waals surface area contributed by atoms with Gasteiger partial charge in [0.2, 0.25) is 0 Å². The Bertz CT molecular complexity index is 3420. The maximum absolute atomic E-state index is 5.36. The fraction of sp³-hybridized carbons (Fsp3) is 0.0169. The molecule has 3 heteroatoms. The van der Waals surface area contributed by atoms with Gasteiger partial charge < -0.3 is 0 Å². The topological polar surface area (TPSA) is 25.8 Å². The molecule has 0 saturated heterocycles. The summed E-state index contributed by atoms with van der Waals surface area (Å²) in [6, 6.07) is 83.4. The summed E-state index contributed by atoms with van der Waals surface area (Å²) in [7, 11) is 0. The Kier molecular flexibility index (Phi) is 8.62. The summed E-state index contributed by atoms with van der Waals surface area (Å²) in [6.07, 6.45) is 0. The van der Waals surface area contributed by atoms with Gasteiger partial charge >= 0.3 is 0 Å². The van der Waals surface area contributed by atoms with Gasteiger partial charge in [-0.3, -0.25) is 0 Å². The molecule has 0 spiro atoms. The number of aromatic nitrogens is 2. The minimum absolute atomic E-state index is 0.513. The van der Waals surface area contributed by atoms with Gasteiger partial charge in [0.15, 0.2) is 5.82 Å². The highest BCUT2D eigenvalue weighted by molar-refractivity contribution is 7.25. The first kappa shape index (κ1) is 36.2. The number of rotatable bonds is 7. The molecule has 0 amide bonds. The van der Waals surface area contributed by atoms with Gasteiger partial charge in [0.1, 0.15) is 0 Å². The van der Waals surface area contributed by atoms with Crippen LogP contribution in [-0.2, 0) is 5.41 Å². The first-order chi connectivity index (χ1) is 30.7. The summed E-state index contributed by atoms with van der Waals surface area (Å²) < 4.78 is 2.63. The minimum atomic E-state index is -0.513. The second kappa shape index (κ2) is 14.8. The van der Waals surface area contributed by atoms with Crippen LogP contribution in [0, 0.1) is 0 Å². The van der Waals surface area contributed by atoms with E-state index in [1.165, 1.54) is 64.7 Å². The van der Waals surface area contributed by atoms with Crippen LogP contribution >= 0.6 is 11.3 Å². The molecule has 62 heavy (non-hydrogen) atoms. The molecule has 0 atom stereocenters. The van der Waals surface area contributed by atoms with Crippen molar-refractivity contribution in [1.82, 2.24) is 9.97 Å². The first-order valence-corrected chi connectivity index (χ1v) is 22.0. The van der Waals surface area contributed by atoms with E-state index in [0.29, 0.717) is 5.82 Å². The molecular formula is C59H38N2S. The van der Waals surface area contributed by atoms with Crippen LogP contribution in [0.5, 0.6) is 0 Å². The second-order valence-electron chi connectivity index (χ2n) is 16.1. The molecule has 0 radical (unpaired) electrons. The summed E-state index contributed by atoms with van der Waals surface area (Å²) in [6.45, 7) is 0. The van der Waals surface area contributed by atoms with Crippen LogP contribution in [0.25, 0.3) is 87.5 Å². The quantitative estimate of drug-likeness (QED) is 0.160. The van der Waals surface area contributed by atoms with Crippen molar-refractivity contribution in [3.63, 3.8) is 0 Å². The van der Waals surface area contributed by atoms with Crippen molar-refractivity contribution in [3.05, 3.63) is 253 Å². The number of hydrogen-bond donors (Lipinski definition) is 0. The lowest BCUT2D eigenvalue weighted by Gasteiger charge is -2.34. The summed E-state index contributed by atoms with van der Waals surface area (Å²) in [4.78, 5) is 10.7. The standard InChI is InChI=1S/C59H38N2S/c1-4-17-39(18-5-1)58-60-54(43-31-33-48-47-26-12-14-29-52(47)59(53(48)37-43,44-21-6-2-7-22-44)45-23-8-3-9-24-45)38-55(61-58)49-27-11-10-25-46(49)42-20-16-19-40(35-42)41-32-34-57-51(36-41)50-28-13-15-30-56(50)62-57/h1-38H. The summed E-state index contributed by atoms with van der Waals surface area (Å²) in [5.41, 5.74) is 16.5. The fourth-order valence-corrected chi connectivity index (χ4v) is 10.9. The molecular weight excluding hydrogens is 769 g/mol. The van der Waals surface area contributed by atoms with Crippen LogP contribution in [0.1, 0.15) is 22.3 Å². The van der Waals surface area contributed by atoms with Crippen molar-refractivity contribution in [2.24, 2.45) is 0 Å². The lowest BCUT2D eigenvalue weighted by Crippen LogP contribution is -2.28. The van der Waals surface area contributed by atoms with E-state index in [-0.39, 0.29) is 0 Å². The summed E-state index contributed by atoms with van der Waals surface area (Å²) in [5.74, 6) is 0.694. The summed E-state index contributed by atoms with van der Waals surface area (Å²) in [5, 5.41) is 2.61. The molecule has 290 valence electrons. The third-order valence-electron chi connectivity index (χ3n) is 12.6. The number of benzene rings is 9. The van der Waals surface area contributed by atoms with Crippen molar-refractivity contribution >= 4 is 31.5 Å². The van der Waals surface area contributed by atoms with Gasteiger partial charge in [-0.05, 0) is 92.0 Å². The van der Waals surface area contributed by atoms with Gasteiger partial charge in [-0.15, -0.1) is 11.3 Å². The largest absolute Gasteiger partial charge is 0.228 e. The maximum atomic E-state index is 5.36. The van der Waals surface area contributed by atoms with Crippen molar-refractivity contribution in [2.75, 3.05) is 0 Å². The van der Waals surface area contributed by atoms with Gasteiger partial charge in [-0.2, -0.15) is 0 Å². The maximum Gasteiger partial charge on any atom is 0.160 e. The number of nitrogens with zero attached hydrogens (tertiary/aromatic N) is 2. The monoisotopic (exact) mass is 806 g/mol. The van der Waals surface area contributed by atoms with Gasteiger partial charge in [0.25, 0.3) is 0 Å². The lowest BCUT2D eigenvalue weighted by atomic mass is 9.67.